The second-order valence-corrected chi connectivity index (χ2v) is 7.19. The maximum atomic E-state index is 12.8. The van der Waals surface area contributed by atoms with E-state index in [1.165, 1.54) is 0 Å². The highest BCUT2D eigenvalue weighted by Gasteiger charge is 2.33. The van der Waals surface area contributed by atoms with Crippen LogP contribution in [-0.2, 0) is 22.5 Å². The molecule has 2 aromatic rings. The third kappa shape index (κ3) is 3.92. The minimum atomic E-state index is -0.0575. The molecular formula is C21H29N3O3. The van der Waals surface area contributed by atoms with E-state index >= 15 is 0 Å². The molecule has 0 unspecified atom stereocenters. The zero-order chi connectivity index (χ0) is 19.6. The summed E-state index contributed by atoms with van der Waals surface area (Å²) >= 11 is 0. The van der Waals surface area contributed by atoms with Gasteiger partial charge in [0.15, 0.2) is 5.78 Å². The van der Waals surface area contributed by atoms with Gasteiger partial charge in [0.05, 0.1) is 17.7 Å². The Morgan fingerprint density at radius 2 is 2.04 bits per heavy atom. The van der Waals surface area contributed by atoms with Crippen molar-refractivity contribution in [3.05, 3.63) is 35.5 Å². The molecule has 27 heavy (non-hydrogen) atoms. The molecule has 1 fully saturated rings. The van der Waals surface area contributed by atoms with E-state index in [2.05, 4.69) is 30.1 Å². The molecule has 1 saturated heterocycles. The van der Waals surface area contributed by atoms with Crippen molar-refractivity contribution in [3.8, 4) is 0 Å². The lowest BCUT2D eigenvalue weighted by atomic mass is 10.1. The molecule has 1 N–H and O–H groups in total. The number of rotatable bonds is 7. The largest absolute Gasteiger partial charge is 0.378 e. The van der Waals surface area contributed by atoms with Crippen LogP contribution >= 0.6 is 0 Å². The van der Waals surface area contributed by atoms with Crippen molar-refractivity contribution in [1.29, 1.82) is 0 Å². The Morgan fingerprint density at radius 1 is 1.26 bits per heavy atom. The number of ketones is 1. The fourth-order valence-corrected chi connectivity index (χ4v) is 4.02. The normalized spacial score (nSPS) is 20.3. The van der Waals surface area contributed by atoms with Gasteiger partial charge in [0, 0.05) is 37.3 Å². The van der Waals surface area contributed by atoms with Gasteiger partial charge < -0.3 is 14.6 Å². The molecule has 0 bridgehead atoms. The summed E-state index contributed by atoms with van der Waals surface area (Å²) < 4.78 is 7.45. The number of carbonyl (C=O) groups is 2. The van der Waals surface area contributed by atoms with Gasteiger partial charge in [-0.15, -0.1) is 0 Å². The Bertz CT molecular complexity index is 843. The average molecular weight is 371 g/mol. The first-order valence-electron chi connectivity index (χ1n) is 9.64. The van der Waals surface area contributed by atoms with Crippen LogP contribution < -0.4 is 5.32 Å². The lowest BCUT2D eigenvalue weighted by Crippen LogP contribution is -2.44. The van der Waals surface area contributed by atoms with E-state index in [9.17, 15) is 9.59 Å². The molecule has 0 saturated carbocycles. The first kappa shape index (κ1) is 19.6. The highest BCUT2D eigenvalue weighted by molar-refractivity contribution is 6.07. The average Bonchev–Trinajstić information content (AvgIpc) is 3.22. The second kappa shape index (κ2) is 8.23. The number of amides is 1. The summed E-state index contributed by atoms with van der Waals surface area (Å²) in [6.07, 6.45) is 2.67. The minimum Gasteiger partial charge on any atom is -0.378 e. The predicted molar refractivity (Wildman–Crippen MR) is 106 cm³/mol. The molecule has 2 heterocycles. The number of aryl methyl sites for hydroxylation is 1. The summed E-state index contributed by atoms with van der Waals surface area (Å²) in [7, 11) is 1.69. The highest BCUT2D eigenvalue weighted by atomic mass is 16.5. The Morgan fingerprint density at radius 3 is 2.67 bits per heavy atom. The number of methoxy groups -OCH3 is 1. The molecule has 1 aliphatic heterocycles. The molecule has 3 rings (SSSR count). The van der Waals surface area contributed by atoms with Crippen molar-refractivity contribution in [2.75, 3.05) is 26.7 Å². The number of nitrogens with zero attached hydrogens (tertiary/aromatic N) is 2. The van der Waals surface area contributed by atoms with Gasteiger partial charge in [-0.05, 0) is 25.5 Å². The summed E-state index contributed by atoms with van der Waals surface area (Å²) in [5.74, 6) is -0.0425. The Balaban J connectivity index is 1.84. The molecule has 0 aliphatic carbocycles. The molecule has 6 heteroatoms. The van der Waals surface area contributed by atoms with Crippen LogP contribution in [0.3, 0.4) is 0 Å². The zero-order valence-electron chi connectivity index (χ0n) is 16.6. The number of nitrogens with one attached hydrogen (secondary N) is 1. The molecule has 2 atom stereocenters. The van der Waals surface area contributed by atoms with Crippen molar-refractivity contribution in [1.82, 2.24) is 14.8 Å². The fraction of sp³-hybridized carbons (Fsp3) is 0.524. The van der Waals surface area contributed by atoms with Crippen molar-refractivity contribution < 1.29 is 14.3 Å². The van der Waals surface area contributed by atoms with E-state index in [1.807, 2.05) is 22.9 Å². The topological polar surface area (TPSA) is 63.6 Å². The van der Waals surface area contributed by atoms with Crippen LogP contribution in [0.4, 0.5) is 0 Å². The van der Waals surface area contributed by atoms with E-state index < -0.39 is 0 Å². The summed E-state index contributed by atoms with van der Waals surface area (Å²) in [5, 5.41) is 4.04. The highest BCUT2D eigenvalue weighted by Crippen LogP contribution is 2.26. The van der Waals surface area contributed by atoms with E-state index in [-0.39, 0.29) is 30.4 Å². The number of benzene rings is 1. The van der Waals surface area contributed by atoms with Gasteiger partial charge in [-0.2, -0.15) is 0 Å². The molecule has 6 nitrogen and oxygen atoms in total. The van der Waals surface area contributed by atoms with Crippen LogP contribution in [-0.4, -0.2) is 60.0 Å². The number of carbonyl (C=O) groups excluding carboxylic acids is 2. The summed E-state index contributed by atoms with van der Waals surface area (Å²) in [5.41, 5.74) is 2.78. The molecule has 1 aromatic heterocycles. The van der Waals surface area contributed by atoms with Crippen LogP contribution in [0.15, 0.2) is 24.4 Å². The van der Waals surface area contributed by atoms with Gasteiger partial charge in [-0.3, -0.25) is 14.5 Å². The maximum absolute atomic E-state index is 12.8. The number of hydrogen-bond donors (Lipinski definition) is 1. The van der Waals surface area contributed by atoms with Gasteiger partial charge in [0.25, 0.3) is 0 Å². The van der Waals surface area contributed by atoms with Crippen molar-refractivity contribution in [3.63, 3.8) is 0 Å². The number of Topliss-reactive ketones (excluding diaryl/α,β-unsaturated/α-hetero) is 1. The summed E-state index contributed by atoms with van der Waals surface area (Å²) in [4.78, 5) is 27.1. The van der Waals surface area contributed by atoms with Gasteiger partial charge in [-0.25, -0.2) is 0 Å². The quantitative estimate of drug-likeness (QED) is 0.758. The van der Waals surface area contributed by atoms with Crippen LogP contribution in [0.2, 0.25) is 0 Å². The number of aromatic nitrogens is 1. The third-order valence-electron chi connectivity index (χ3n) is 5.49. The zero-order valence-corrected chi connectivity index (χ0v) is 16.6. The number of hydrogen-bond acceptors (Lipinski definition) is 4. The molecule has 1 aromatic carbocycles. The van der Waals surface area contributed by atoms with Gasteiger partial charge >= 0.3 is 0 Å². The molecule has 1 aliphatic rings. The van der Waals surface area contributed by atoms with Gasteiger partial charge in [0.1, 0.15) is 6.54 Å². The van der Waals surface area contributed by atoms with Crippen molar-refractivity contribution in [2.24, 2.45) is 0 Å². The SMILES string of the molecule is CCc1cccc2c(C(C)=O)cn(CC(=O)N[C@@H]3CN(CC)C[C@H]3OC)c12. The molecular weight excluding hydrogens is 342 g/mol. The Kier molecular flexibility index (Phi) is 5.97. The number of para-hydroxylation sites is 1. The third-order valence-corrected chi connectivity index (χ3v) is 5.49. The number of ether oxygens (including phenoxy) is 1. The lowest BCUT2D eigenvalue weighted by Gasteiger charge is -2.19. The molecule has 1 amide bonds. The smallest absolute Gasteiger partial charge is 0.240 e. The summed E-state index contributed by atoms with van der Waals surface area (Å²) in [6.45, 7) is 8.53. The van der Waals surface area contributed by atoms with E-state index in [0.717, 1.165) is 42.5 Å². The fourth-order valence-electron chi connectivity index (χ4n) is 4.02. The van der Waals surface area contributed by atoms with Gasteiger partial charge in [0.2, 0.25) is 5.91 Å². The van der Waals surface area contributed by atoms with Crippen molar-refractivity contribution in [2.45, 2.75) is 45.9 Å². The number of fused-ring (bicyclic) bond motifs is 1. The molecule has 146 valence electrons. The van der Waals surface area contributed by atoms with Crippen LogP contribution in [0, 0.1) is 0 Å². The number of likely N-dealkylation sites (tertiary alicyclic amines) is 1. The van der Waals surface area contributed by atoms with E-state index in [0.29, 0.717) is 5.56 Å². The first-order chi connectivity index (χ1) is 13.0. The summed E-state index contributed by atoms with van der Waals surface area (Å²) in [6, 6.07) is 5.97. The standard InChI is InChI=1S/C21H29N3O3/c1-5-15-8-7-9-16-17(14(3)25)10-24(21(15)16)13-20(26)22-18-11-23(6-2)12-19(18)27-4/h7-10,18-19H,5-6,11-13H2,1-4H3,(H,22,26)/t18-,19-/m1/s1. The minimum absolute atomic E-state index is 0.00860. The van der Waals surface area contributed by atoms with Crippen LogP contribution in [0.25, 0.3) is 10.9 Å². The second-order valence-electron chi connectivity index (χ2n) is 7.19. The monoisotopic (exact) mass is 371 g/mol. The van der Waals surface area contributed by atoms with Crippen molar-refractivity contribution >= 4 is 22.6 Å². The molecule has 0 spiro atoms. The van der Waals surface area contributed by atoms with Crippen LogP contribution in [0.5, 0.6) is 0 Å². The number of likely N-dealkylation sites (N-methyl/N-ethyl adjacent to an activating group) is 1. The van der Waals surface area contributed by atoms with Crippen LogP contribution in [0.1, 0.15) is 36.7 Å². The predicted octanol–water partition coefficient (Wildman–Crippen LogP) is 2.24. The van der Waals surface area contributed by atoms with E-state index in [1.54, 1.807) is 14.0 Å². The molecule has 0 radical (unpaired) electrons. The Labute approximate surface area is 160 Å². The van der Waals surface area contributed by atoms with Gasteiger partial charge in [-0.1, -0.05) is 32.0 Å². The Hall–Kier alpha value is -2.18. The van der Waals surface area contributed by atoms with E-state index in [4.69, 9.17) is 4.74 Å². The lowest BCUT2D eigenvalue weighted by molar-refractivity contribution is -0.122. The first-order valence-corrected chi connectivity index (χ1v) is 9.64. The maximum Gasteiger partial charge on any atom is 0.240 e.